The van der Waals surface area contributed by atoms with Crippen LogP contribution in [-0.2, 0) is 16.8 Å². The van der Waals surface area contributed by atoms with Gasteiger partial charge in [-0.3, -0.25) is 5.32 Å². The third-order valence-electron chi connectivity index (χ3n) is 3.08. The molecule has 1 amide bonds. The molecule has 0 fully saturated rings. The number of ether oxygens (including phenoxy) is 1. The Kier molecular flexibility index (Phi) is 5.75. The first-order valence-electron chi connectivity index (χ1n) is 6.34. The second-order valence-corrected chi connectivity index (χ2v) is 4.75. The molecule has 0 unspecified atom stereocenters. The normalized spacial score (nSPS) is 13.6. The second kappa shape index (κ2) is 6.95. The van der Waals surface area contributed by atoms with Crippen LogP contribution in [0.1, 0.15) is 17.5 Å². The van der Waals surface area contributed by atoms with Crippen molar-refractivity contribution in [1.29, 1.82) is 0 Å². The number of alkyl carbamates (subject to hydrolysis) is 1. The fourth-order valence-electron chi connectivity index (χ4n) is 1.68. The summed E-state index contributed by atoms with van der Waals surface area (Å²) in [4.78, 5) is 10.9. The molecule has 0 spiro atoms. The van der Waals surface area contributed by atoms with Crippen molar-refractivity contribution < 1.29 is 27.8 Å². The molecule has 0 aliphatic carbocycles. The van der Waals surface area contributed by atoms with Gasteiger partial charge in [0.2, 0.25) is 0 Å². The molecular formula is C13H18F3N3O3. The third-order valence-corrected chi connectivity index (χ3v) is 3.08. The highest BCUT2D eigenvalue weighted by Crippen LogP contribution is 2.32. The highest BCUT2D eigenvalue weighted by Gasteiger charge is 2.50. The Morgan fingerprint density at radius 3 is 2.32 bits per heavy atom. The maximum Gasteiger partial charge on any atom is 0.423 e. The van der Waals surface area contributed by atoms with E-state index in [-0.39, 0.29) is 12.0 Å². The fourth-order valence-corrected chi connectivity index (χ4v) is 1.68. The van der Waals surface area contributed by atoms with Gasteiger partial charge in [0.1, 0.15) is 6.23 Å². The molecule has 0 aliphatic rings. The van der Waals surface area contributed by atoms with Crippen LogP contribution >= 0.6 is 0 Å². The number of alkyl halides is 3. The van der Waals surface area contributed by atoms with Crippen molar-refractivity contribution in [2.24, 2.45) is 11.5 Å². The first kappa shape index (κ1) is 18.2. The standard InChI is InChI=1S/C13H18F3N3O3/c1-22-11(21)19-10(20)7-4-8-2-5-9(6-3-8)12(17,18)13(14,15)16/h2-3,5-6,10,20H,4,7,17-18H2,1H3,(H,19,21)/t10-/m0/s1. The zero-order valence-corrected chi connectivity index (χ0v) is 11.9. The highest BCUT2D eigenvalue weighted by atomic mass is 19.4. The molecule has 0 heterocycles. The minimum absolute atomic E-state index is 0.171. The molecule has 1 aromatic carbocycles. The maximum absolute atomic E-state index is 12.7. The van der Waals surface area contributed by atoms with Crippen LogP contribution in [0.2, 0.25) is 0 Å². The molecule has 0 bridgehead atoms. The zero-order chi connectivity index (χ0) is 17.0. The molecule has 1 rings (SSSR count). The van der Waals surface area contributed by atoms with E-state index in [9.17, 15) is 23.1 Å². The van der Waals surface area contributed by atoms with Gasteiger partial charge in [0.15, 0.2) is 5.66 Å². The molecule has 1 atom stereocenters. The number of carbonyl (C=O) groups excluding carboxylic acids is 1. The summed E-state index contributed by atoms with van der Waals surface area (Å²) in [6, 6.07) is 5.23. The van der Waals surface area contributed by atoms with Crippen LogP contribution < -0.4 is 16.8 Å². The Morgan fingerprint density at radius 1 is 1.32 bits per heavy atom. The monoisotopic (exact) mass is 321 g/mol. The van der Waals surface area contributed by atoms with E-state index < -0.39 is 24.2 Å². The number of methoxy groups -OCH3 is 1. The van der Waals surface area contributed by atoms with E-state index in [1.54, 1.807) is 0 Å². The van der Waals surface area contributed by atoms with E-state index in [2.05, 4.69) is 10.1 Å². The Balaban J connectivity index is 2.65. The topological polar surface area (TPSA) is 111 Å². The Labute approximate surface area is 125 Å². The van der Waals surface area contributed by atoms with Crippen molar-refractivity contribution in [2.75, 3.05) is 7.11 Å². The van der Waals surface area contributed by atoms with Crippen LogP contribution in [0.3, 0.4) is 0 Å². The van der Waals surface area contributed by atoms with Crippen LogP contribution in [-0.4, -0.2) is 30.7 Å². The van der Waals surface area contributed by atoms with E-state index in [0.717, 1.165) is 7.11 Å². The number of hydrogen-bond acceptors (Lipinski definition) is 5. The van der Waals surface area contributed by atoms with Gasteiger partial charge in [-0.25, -0.2) is 4.79 Å². The number of carbonyl (C=O) groups is 1. The molecule has 6 nitrogen and oxygen atoms in total. The van der Waals surface area contributed by atoms with Crippen molar-refractivity contribution >= 4 is 6.09 Å². The maximum atomic E-state index is 12.7. The number of aliphatic hydroxyl groups excluding tert-OH is 1. The van der Waals surface area contributed by atoms with E-state index in [1.807, 2.05) is 0 Å². The molecular weight excluding hydrogens is 303 g/mol. The van der Waals surface area contributed by atoms with Crippen LogP contribution in [0.15, 0.2) is 24.3 Å². The van der Waals surface area contributed by atoms with Crippen molar-refractivity contribution in [3.05, 3.63) is 35.4 Å². The lowest BCUT2D eigenvalue weighted by Gasteiger charge is -2.27. The summed E-state index contributed by atoms with van der Waals surface area (Å²) in [5, 5.41) is 11.7. The summed E-state index contributed by atoms with van der Waals surface area (Å²) in [6.45, 7) is 0. The summed E-state index contributed by atoms with van der Waals surface area (Å²) >= 11 is 0. The van der Waals surface area contributed by atoms with Gasteiger partial charge in [-0.2, -0.15) is 13.2 Å². The molecule has 0 saturated carbocycles. The summed E-state index contributed by atoms with van der Waals surface area (Å²) in [7, 11) is 1.16. The first-order chi connectivity index (χ1) is 10.1. The number of rotatable bonds is 5. The van der Waals surface area contributed by atoms with Crippen LogP contribution in [0, 0.1) is 0 Å². The van der Waals surface area contributed by atoms with E-state index in [4.69, 9.17) is 11.5 Å². The number of hydrogen-bond donors (Lipinski definition) is 4. The summed E-state index contributed by atoms with van der Waals surface area (Å²) in [5.41, 5.74) is 7.69. The summed E-state index contributed by atoms with van der Waals surface area (Å²) < 4.78 is 42.4. The number of nitrogens with one attached hydrogen (secondary N) is 1. The van der Waals surface area contributed by atoms with Gasteiger partial charge >= 0.3 is 12.3 Å². The van der Waals surface area contributed by atoms with Crippen molar-refractivity contribution in [1.82, 2.24) is 5.32 Å². The van der Waals surface area contributed by atoms with Gasteiger partial charge < -0.3 is 21.3 Å². The van der Waals surface area contributed by atoms with Crippen LogP contribution in [0.5, 0.6) is 0 Å². The number of amides is 1. The van der Waals surface area contributed by atoms with Crippen molar-refractivity contribution in [3.8, 4) is 0 Å². The third kappa shape index (κ3) is 4.58. The lowest BCUT2D eigenvalue weighted by molar-refractivity contribution is -0.188. The van der Waals surface area contributed by atoms with Gasteiger partial charge in [0, 0.05) is 0 Å². The minimum Gasteiger partial charge on any atom is -0.453 e. The van der Waals surface area contributed by atoms with Crippen LogP contribution in [0.4, 0.5) is 18.0 Å². The van der Waals surface area contributed by atoms with Crippen molar-refractivity contribution in [3.63, 3.8) is 0 Å². The second-order valence-electron chi connectivity index (χ2n) is 4.75. The number of halogens is 3. The number of benzene rings is 1. The Morgan fingerprint density at radius 2 is 1.86 bits per heavy atom. The molecule has 9 heteroatoms. The zero-order valence-electron chi connectivity index (χ0n) is 11.9. The molecule has 1 aromatic rings. The molecule has 124 valence electrons. The number of aliphatic hydroxyl groups is 1. The molecule has 0 radical (unpaired) electrons. The minimum atomic E-state index is -4.77. The first-order valence-corrected chi connectivity index (χ1v) is 6.34. The van der Waals surface area contributed by atoms with Crippen LogP contribution in [0.25, 0.3) is 0 Å². The number of nitrogens with two attached hydrogens (primary N) is 2. The Hall–Kier alpha value is -1.84. The van der Waals surface area contributed by atoms with Gasteiger partial charge in [0.05, 0.1) is 7.11 Å². The van der Waals surface area contributed by atoms with Gasteiger partial charge in [0.25, 0.3) is 0 Å². The van der Waals surface area contributed by atoms with E-state index >= 15 is 0 Å². The van der Waals surface area contributed by atoms with Gasteiger partial charge in [-0.05, 0) is 24.0 Å². The fraction of sp³-hybridized carbons (Fsp3) is 0.462. The Bertz CT molecular complexity index is 503. The van der Waals surface area contributed by atoms with E-state index in [1.165, 1.54) is 24.3 Å². The average molecular weight is 321 g/mol. The number of aryl methyl sites for hydroxylation is 1. The summed E-state index contributed by atoms with van der Waals surface area (Å²) in [5.74, 6) is 0. The molecule has 0 saturated heterocycles. The summed E-state index contributed by atoms with van der Waals surface area (Å²) in [6.07, 6.45) is -6.16. The van der Waals surface area contributed by atoms with Crippen molar-refractivity contribution in [2.45, 2.75) is 30.9 Å². The van der Waals surface area contributed by atoms with Gasteiger partial charge in [-0.1, -0.05) is 24.3 Å². The quantitative estimate of drug-likeness (QED) is 0.603. The predicted octanol–water partition coefficient (Wildman–Crippen LogP) is 0.926. The predicted molar refractivity (Wildman–Crippen MR) is 72.4 cm³/mol. The highest BCUT2D eigenvalue weighted by molar-refractivity contribution is 5.67. The molecule has 6 N–H and O–H groups in total. The largest absolute Gasteiger partial charge is 0.453 e. The lowest BCUT2D eigenvalue weighted by atomic mass is 9.98. The molecule has 22 heavy (non-hydrogen) atoms. The average Bonchev–Trinajstić information content (AvgIpc) is 2.44. The van der Waals surface area contributed by atoms with E-state index in [0.29, 0.717) is 12.0 Å². The lowest BCUT2D eigenvalue weighted by Crippen LogP contribution is -2.57. The SMILES string of the molecule is COC(=O)N[C@@H](O)CCc1ccc(C(N)(N)C(F)(F)F)cc1. The molecule has 0 aromatic heterocycles. The molecule has 0 aliphatic heterocycles. The smallest absolute Gasteiger partial charge is 0.423 e. The van der Waals surface area contributed by atoms with Gasteiger partial charge in [-0.15, -0.1) is 0 Å².